The Morgan fingerprint density at radius 2 is 0.676 bits per heavy atom. The van der Waals surface area contributed by atoms with Crippen molar-refractivity contribution in [1.29, 1.82) is 0 Å². The number of hydrogen-bond donors (Lipinski definition) is 4. The first-order chi connectivity index (χ1) is 17.8. The van der Waals surface area contributed by atoms with Crippen LogP contribution in [0.5, 0.6) is 0 Å². The lowest BCUT2D eigenvalue weighted by Crippen LogP contribution is -2.15. The Morgan fingerprint density at radius 1 is 0.459 bits per heavy atom. The standard InChI is InChI=1S/2C14H31NO.H2O4S/c2*1-3-5-6-7-8-9-10-11-12-13-14-15-16-4-2;1-5(2,3)4/h2*15H,3-14H2,1-2H3;(H2,1,2,3,4). The van der Waals surface area contributed by atoms with Gasteiger partial charge in [0.05, 0.1) is 13.2 Å². The molecule has 0 saturated carbocycles. The van der Waals surface area contributed by atoms with Gasteiger partial charge in [-0.15, -0.1) is 0 Å². The molecule has 0 atom stereocenters. The summed E-state index contributed by atoms with van der Waals surface area (Å²) in [4.78, 5) is 10.1. The molecule has 0 radical (unpaired) electrons. The van der Waals surface area contributed by atoms with Crippen LogP contribution in [0, 0.1) is 0 Å². The molecule has 0 spiro atoms. The monoisotopic (exact) mass is 556 g/mol. The minimum absolute atomic E-state index is 0.762. The van der Waals surface area contributed by atoms with E-state index in [4.69, 9.17) is 27.2 Å². The molecule has 0 amide bonds. The zero-order valence-corrected chi connectivity index (χ0v) is 25.7. The molecule has 9 heteroatoms. The average Bonchev–Trinajstić information content (AvgIpc) is 2.85. The van der Waals surface area contributed by atoms with E-state index in [0.29, 0.717) is 0 Å². The highest BCUT2D eigenvalue weighted by atomic mass is 32.3. The topological polar surface area (TPSA) is 117 Å². The Bertz CT molecular complexity index is 417. The zero-order chi connectivity index (χ0) is 28.3. The summed E-state index contributed by atoms with van der Waals surface area (Å²) in [6, 6.07) is 0. The number of rotatable bonds is 26. The first-order valence-electron chi connectivity index (χ1n) is 15.2. The van der Waals surface area contributed by atoms with Gasteiger partial charge in [0, 0.05) is 13.1 Å². The molecule has 0 aliphatic carbocycles. The molecule has 0 bridgehead atoms. The number of unbranched alkanes of at least 4 members (excludes halogenated alkanes) is 18. The smallest absolute Gasteiger partial charge is 0.302 e. The van der Waals surface area contributed by atoms with Crippen LogP contribution in [0.3, 0.4) is 0 Å². The second-order valence-corrected chi connectivity index (χ2v) is 10.4. The maximum absolute atomic E-state index is 8.74. The predicted octanol–water partition coefficient (Wildman–Crippen LogP) is 8.24. The van der Waals surface area contributed by atoms with Crippen molar-refractivity contribution in [2.75, 3.05) is 26.3 Å². The fourth-order valence-electron chi connectivity index (χ4n) is 3.72. The maximum atomic E-state index is 8.74. The van der Waals surface area contributed by atoms with Gasteiger partial charge >= 0.3 is 10.4 Å². The van der Waals surface area contributed by atoms with Crippen molar-refractivity contribution in [3.63, 3.8) is 0 Å². The SMILES string of the molecule is CCCCCCCCCCCCNOCC.CCCCCCCCCCCCNOCC.O=S(=O)(O)O. The van der Waals surface area contributed by atoms with E-state index >= 15 is 0 Å². The Kier molecular flexibility index (Phi) is 42.2. The first-order valence-corrected chi connectivity index (χ1v) is 16.6. The van der Waals surface area contributed by atoms with Crippen molar-refractivity contribution < 1.29 is 27.2 Å². The molecule has 0 heterocycles. The van der Waals surface area contributed by atoms with Crippen LogP contribution >= 0.6 is 0 Å². The highest BCUT2D eigenvalue weighted by Crippen LogP contribution is 2.11. The molecular formula is C28H64N2O6S. The Morgan fingerprint density at radius 3 is 0.892 bits per heavy atom. The van der Waals surface area contributed by atoms with Crippen LogP contribution in [0.4, 0.5) is 0 Å². The van der Waals surface area contributed by atoms with Crippen LogP contribution in [0.1, 0.15) is 156 Å². The predicted molar refractivity (Wildman–Crippen MR) is 157 cm³/mol. The van der Waals surface area contributed by atoms with Gasteiger partial charge in [-0.25, -0.2) is 11.0 Å². The summed E-state index contributed by atoms with van der Waals surface area (Å²) in [6.45, 7) is 12.1. The van der Waals surface area contributed by atoms with Crippen LogP contribution < -0.4 is 11.0 Å². The summed E-state index contributed by atoms with van der Waals surface area (Å²) in [7, 11) is -4.67. The molecule has 0 unspecified atom stereocenters. The van der Waals surface area contributed by atoms with E-state index in [2.05, 4.69) is 24.8 Å². The van der Waals surface area contributed by atoms with Crippen molar-refractivity contribution in [3.8, 4) is 0 Å². The average molecular weight is 557 g/mol. The van der Waals surface area contributed by atoms with E-state index in [9.17, 15) is 0 Å². The van der Waals surface area contributed by atoms with Crippen LogP contribution in [0.2, 0.25) is 0 Å². The van der Waals surface area contributed by atoms with E-state index in [-0.39, 0.29) is 0 Å². The molecule has 0 aromatic rings. The minimum atomic E-state index is -4.67. The summed E-state index contributed by atoms with van der Waals surface area (Å²) in [5, 5.41) is 0. The molecule has 0 aromatic carbocycles. The van der Waals surface area contributed by atoms with Crippen LogP contribution in [-0.4, -0.2) is 43.8 Å². The summed E-state index contributed by atoms with van der Waals surface area (Å²) < 4.78 is 31.6. The summed E-state index contributed by atoms with van der Waals surface area (Å²) in [5.74, 6) is 0. The minimum Gasteiger partial charge on any atom is -0.302 e. The summed E-state index contributed by atoms with van der Waals surface area (Å²) in [5.41, 5.74) is 5.92. The molecule has 8 nitrogen and oxygen atoms in total. The molecule has 0 rings (SSSR count). The van der Waals surface area contributed by atoms with Gasteiger partial charge < -0.3 is 9.68 Å². The van der Waals surface area contributed by atoms with Gasteiger partial charge in [-0.05, 0) is 26.7 Å². The van der Waals surface area contributed by atoms with Gasteiger partial charge in [0.25, 0.3) is 0 Å². The van der Waals surface area contributed by atoms with Crippen LogP contribution in [-0.2, 0) is 20.1 Å². The molecule has 0 aliphatic heterocycles. The van der Waals surface area contributed by atoms with Crippen molar-refractivity contribution in [2.45, 2.75) is 156 Å². The van der Waals surface area contributed by atoms with Gasteiger partial charge in [-0.2, -0.15) is 8.42 Å². The lowest BCUT2D eigenvalue weighted by molar-refractivity contribution is 0.0500. The van der Waals surface area contributed by atoms with E-state index in [1.165, 1.54) is 128 Å². The van der Waals surface area contributed by atoms with Crippen molar-refractivity contribution >= 4 is 10.4 Å². The molecule has 0 aliphatic rings. The number of nitrogens with one attached hydrogen (secondary N) is 2. The zero-order valence-electron chi connectivity index (χ0n) is 24.9. The van der Waals surface area contributed by atoms with Crippen LogP contribution in [0.15, 0.2) is 0 Å². The van der Waals surface area contributed by atoms with E-state index in [0.717, 1.165) is 26.3 Å². The van der Waals surface area contributed by atoms with Crippen molar-refractivity contribution in [2.24, 2.45) is 0 Å². The molecule has 0 aromatic heterocycles. The lowest BCUT2D eigenvalue weighted by Gasteiger charge is -2.03. The molecule has 228 valence electrons. The van der Waals surface area contributed by atoms with Gasteiger partial charge in [0.1, 0.15) is 0 Å². The lowest BCUT2D eigenvalue weighted by atomic mass is 10.1. The largest absolute Gasteiger partial charge is 0.394 e. The molecule has 0 fully saturated rings. The highest BCUT2D eigenvalue weighted by molar-refractivity contribution is 7.79. The van der Waals surface area contributed by atoms with E-state index < -0.39 is 10.4 Å². The normalized spacial score (nSPS) is 11.0. The second kappa shape index (κ2) is 37.9. The molecule has 0 saturated heterocycles. The van der Waals surface area contributed by atoms with Gasteiger partial charge in [-0.3, -0.25) is 9.11 Å². The third kappa shape index (κ3) is 61.4. The Hall–Kier alpha value is -0.290. The van der Waals surface area contributed by atoms with Crippen molar-refractivity contribution in [3.05, 3.63) is 0 Å². The fraction of sp³-hybridized carbons (Fsp3) is 1.00. The second-order valence-electron chi connectivity index (χ2n) is 9.47. The third-order valence-corrected chi connectivity index (χ3v) is 5.76. The van der Waals surface area contributed by atoms with Gasteiger partial charge in [0.2, 0.25) is 0 Å². The van der Waals surface area contributed by atoms with E-state index in [1.807, 2.05) is 13.8 Å². The highest BCUT2D eigenvalue weighted by Gasteiger charge is 1.93. The van der Waals surface area contributed by atoms with E-state index in [1.54, 1.807) is 0 Å². The fourth-order valence-corrected chi connectivity index (χ4v) is 3.72. The molecule has 37 heavy (non-hydrogen) atoms. The summed E-state index contributed by atoms with van der Waals surface area (Å²) in [6.07, 6.45) is 27.9. The quantitative estimate of drug-likeness (QED) is 0.0478. The Labute approximate surface area is 230 Å². The first kappa shape index (κ1) is 41.2. The summed E-state index contributed by atoms with van der Waals surface area (Å²) >= 11 is 0. The Balaban J connectivity index is -0.000000528. The maximum Gasteiger partial charge on any atom is 0.394 e. The third-order valence-electron chi connectivity index (χ3n) is 5.76. The molecule has 4 N–H and O–H groups in total. The molecular weight excluding hydrogens is 492 g/mol. The van der Waals surface area contributed by atoms with Crippen LogP contribution in [0.25, 0.3) is 0 Å². The van der Waals surface area contributed by atoms with Crippen molar-refractivity contribution in [1.82, 2.24) is 11.0 Å². The number of hydroxylamine groups is 2. The van der Waals surface area contributed by atoms with Gasteiger partial charge in [-0.1, -0.05) is 129 Å². The number of hydrogen-bond acceptors (Lipinski definition) is 6. The van der Waals surface area contributed by atoms with Gasteiger partial charge in [0.15, 0.2) is 0 Å².